The van der Waals surface area contributed by atoms with E-state index in [0.29, 0.717) is 5.56 Å². The maximum Gasteiger partial charge on any atom is 0.255 e. The van der Waals surface area contributed by atoms with Gasteiger partial charge in [-0.05, 0) is 36.4 Å². The van der Waals surface area contributed by atoms with E-state index in [4.69, 9.17) is 4.42 Å². The molecule has 18 heavy (non-hydrogen) atoms. The predicted octanol–water partition coefficient (Wildman–Crippen LogP) is 3.08. The fraction of sp³-hybridized carbons (Fsp3) is 0. The number of benzene rings is 1. The molecule has 4 heteroatoms. The van der Waals surface area contributed by atoms with Crippen LogP contribution in [0.25, 0.3) is 11.0 Å². The number of carbonyl (C=O) groups is 1. The molecule has 1 amide bonds. The maximum atomic E-state index is 12.0. The largest absolute Gasteiger partial charge is 0.464 e. The molecular formula is C14H10N2O2. The molecule has 0 saturated carbocycles. The van der Waals surface area contributed by atoms with Gasteiger partial charge in [-0.2, -0.15) is 0 Å². The van der Waals surface area contributed by atoms with Gasteiger partial charge in [0.15, 0.2) is 0 Å². The van der Waals surface area contributed by atoms with Gasteiger partial charge in [-0.3, -0.25) is 9.78 Å². The molecule has 0 spiro atoms. The van der Waals surface area contributed by atoms with Crippen molar-refractivity contribution in [3.8, 4) is 0 Å². The van der Waals surface area contributed by atoms with Crippen LogP contribution in [0.1, 0.15) is 10.4 Å². The molecule has 0 fully saturated rings. The van der Waals surface area contributed by atoms with E-state index in [1.807, 2.05) is 6.07 Å². The van der Waals surface area contributed by atoms with Gasteiger partial charge in [0.05, 0.1) is 6.26 Å². The first-order valence-corrected chi connectivity index (χ1v) is 5.51. The smallest absolute Gasteiger partial charge is 0.255 e. The average molecular weight is 238 g/mol. The zero-order valence-corrected chi connectivity index (χ0v) is 9.46. The van der Waals surface area contributed by atoms with Gasteiger partial charge in [0, 0.05) is 29.0 Å². The number of nitrogens with one attached hydrogen (secondary N) is 1. The summed E-state index contributed by atoms with van der Waals surface area (Å²) in [6.45, 7) is 0. The Morgan fingerprint density at radius 3 is 2.78 bits per heavy atom. The molecule has 0 aliphatic heterocycles. The van der Waals surface area contributed by atoms with E-state index < -0.39 is 0 Å². The van der Waals surface area contributed by atoms with Crippen molar-refractivity contribution in [2.75, 3.05) is 5.32 Å². The number of furan rings is 1. The van der Waals surface area contributed by atoms with Crippen LogP contribution in [0.4, 0.5) is 5.69 Å². The molecular weight excluding hydrogens is 228 g/mol. The van der Waals surface area contributed by atoms with Gasteiger partial charge >= 0.3 is 0 Å². The van der Waals surface area contributed by atoms with E-state index >= 15 is 0 Å². The lowest BCUT2D eigenvalue weighted by Crippen LogP contribution is -2.11. The van der Waals surface area contributed by atoms with Gasteiger partial charge in [-0.15, -0.1) is 0 Å². The molecule has 88 valence electrons. The molecule has 0 unspecified atom stereocenters. The van der Waals surface area contributed by atoms with Crippen molar-refractivity contribution in [1.29, 1.82) is 0 Å². The van der Waals surface area contributed by atoms with Crippen molar-refractivity contribution in [3.05, 3.63) is 60.6 Å². The van der Waals surface area contributed by atoms with Gasteiger partial charge in [-0.1, -0.05) is 0 Å². The Morgan fingerprint density at radius 1 is 1.11 bits per heavy atom. The monoisotopic (exact) mass is 238 g/mol. The highest BCUT2D eigenvalue weighted by Gasteiger charge is 2.07. The summed E-state index contributed by atoms with van der Waals surface area (Å²) in [6.07, 6.45) is 4.87. The minimum absolute atomic E-state index is 0.149. The highest BCUT2D eigenvalue weighted by Crippen LogP contribution is 2.17. The summed E-state index contributed by atoms with van der Waals surface area (Å²) in [5.74, 6) is -0.149. The Balaban J connectivity index is 1.87. The van der Waals surface area contributed by atoms with E-state index in [1.54, 1.807) is 49.0 Å². The zero-order chi connectivity index (χ0) is 12.4. The first-order chi connectivity index (χ1) is 8.83. The summed E-state index contributed by atoms with van der Waals surface area (Å²) in [6, 6.07) is 10.6. The van der Waals surface area contributed by atoms with Gasteiger partial charge < -0.3 is 9.73 Å². The summed E-state index contributed by atoms with van der Waals surface area (Å²) in [4.78, 5) is 15.9. The third-order valence-electron chi connectivity index (χ3n) is 2.65. The number of hydrogen-bond acceptors (Lipinski definition) is 3. The molecule has 0 radical (unpaired) electrons. The van der Waals surface area contributed by atoms with Crippen LogP contribution in [-0.4, -0.2) is 10.9 Å². The van der Waals surface area contributed by atoms with Crippen molar-refractivity contribution in [2.24, 2.45) is 0 Å². The average Bonchev–Trinajstić information content (AvgIpc) is 2.87. The van der Waals surface area contributed by atoms with E-state index in [2.05, 4.69) is 10.3 Å². The lowest BCUT2D eigenvalue weighted by molar-refractivity contribution is 0.102. The number of amides is 1. The number of fused-ring (bicyclic) bond motifs is 1. The summed E-state index contributed by atoms with van der Waals surface area (Å²) in [5.41, 5.74) is 2.10. The third-order valence-corrected chi connectivity index (χ3v) is 2.65. The van der Waals surface area contributed by atoms with Crippen molar-refractivity contribution in [1.82, 2.24) is 4.98 Å². The fourth-order valence-corrected chi connectivity index (χ4v) is 1.75. The minimum Gasteiger partial charge on any atom is -0.464 e. The zero-order valence-electron chi connectivity index (χ0n) is 9.46. The van der Waals surface area contributed by atoms with Crippen LogP contribution in [0, 0.1) is 0 Å². The van der Waals surface area contributed by atoms with Crippen LogP contribution in [0.3, 0.4) is 0 Å². The number of aromatic nitrogens is 1. The van der Waals surface area contributed by atoms with E-state index in [-0.39, 0.29) is 5.91 Å². The molecule has 2 aromatic heterocycles. The fourth-order valence-electron chi connectivity index (χ4n) is 1.75. The first-order valence-electron chi connectivity index (χ1n) is 5.51. The maximum absolute atomic E-state index is 12.0. The van der Waals surface area contributed by atoms with Crippen LogP contribution < -0.4 is 5.32 Å². The van der Waals surface area contributed by atoms with Crippen molar-refractivity contribution >= 4 is 22.6 Å². The highest BCUT2D eigenvalue weighted by molar-refractivity contribution is 6.06. The first kappa shape index (κ1) is 10.5. The number of carbonyl (C=O) groups excluding carboxylic acids is 1. The number of rotatable bonds is 2. The highest BCUT2D eigenvalue weighted by atomic mass is 16.3. The van der Waals surface area contributed by atoms with Crippen LogP contribution in [0.5, 0.6) is 0 Å². The Bertz CT molecular complexity index is 689. The van der Waals surface area contributed by atoms with Gasteiger partial charge in [0.1, 0.15) is 5.58 Å². The second-order valence-electron chi connectivity index (χ2n) is 3.86. The van der Waals surface area contributed by atoms with Crippen molar-refractivity contribution < 1.29 is 9.21 Å². The van der Waals surface area contributed by atoms with E-state index in [9.17, 15) is 4.79 Å². The number of pyridine rings is 1. The Labute approximate surface area is 103 Å². The second kappa shape index (κ2) is 4.33. The SMILES string of the molecule is O=C(Nc1ccncc1)c1ccc2occc2c1. The molecule has 4 nitrogen and oxygen atoms in total. The predicted molar refractivity (Wildman–Crippen MR) is 68.4 cm³/mol. The molecule has 3 rings (SSSR count). The lowest BCUT2D eigenvalue weighted by atomic mass is 10.1. The van der Waals surface area contributed by atoms with Gasteiger partial charge in [0.2, 0.25) is 0 Å². The standard InChI is InChI=1S/C14H10N2O2/c17-14(16-12-3-6-15-7-4-12)11-1-2-13-10(9-11)5-8-18-13/h1-9H,(H,15,16,17). The lowest BCUT2D eigenvalue weighted by Gasteiger charge is -2.04. The van der Waals surface area contributed by atoms with Gasteiger partial charge in [0.25, 0.3) is 5.91 Å². The van der Waals surface area contributed by atoms with Crippen molar-refractivity contribution in [3.63, 3.8) is 0 Å². The van der Waals surface area contributed by atoms with Gasteiger partial charge in [-0.25, -0.2) is 0 Å². The summed E-state index contributed by atoms with van der Waals surface area (Å²) >= 11 is 0. The summed E-state index contributed by atoms with van der Waals surface area (Å²) in [7, 11) is 0. The Hall–Kier alpha value is -2.62. The van der Waals surface area contributed by atoms with Crippen LogP contribution >= 0.6 is 0 Å². The Kier molecular flexibility index (Phi) is 2.53. The number of nitrogens with zero attached hydrogens (tertiary/aromatic N) is 1. The molecule has 0 aliphatic rings. The molecule has 0 saturated heterocycles. The number of hydrogen-bond donors (Lipinski definition) is 1. The van der Waals surface area contributed by atoms with Crippen LogP contribution in [-0.2, 0) is 0 Å². The topological polar surface area (TPSA) is 55.1 Å². The molecule has 0 bridgehead atoms. The molecule has 0 aliphatic carbocycles. The minimum atomic E-state index is -0.149. The molecule has 2 heterocycles. The van der Waals surface area contributed by atoms with Crippen LogP contribution in [0.2, 0.25) is 0 Å². The summed E-state index contributed by atoms with van der Waals surface area (Å²) < 4.78 is 5.23. The summed E-state index contributed by atoms with van der Waals surface area (Å²) in [5, 5.41) is 3.72. The van der Waals surface area contributed by atoms with E-state index in [1.165, 1.54) is 0 Å². The van der Waals surface area contributed by atoms with Crippen molar-refractivity contribution in [2.45, 2.75) is 0 Å². The molecule has 1 aromatic carbocycles. The molecule has 3 aromatic rings. The normalized spacial score (nSPS) is 10.4. The Morgan fingerprint density at radius 2 is 1.94 bits per heavy atom. The van der Waals surface area contributed by atoms with Crippen LogP contribution in [0.15, 0.2) is 59.5 Å². The van der Waals surface area contributed by atoms with E-state index in [0.717, 1.165) is 16.7 Å². The molecule has 1 N–H and O–H groups in total. The molecule has 0 atom stereocenters. The number of anilines is 1. The third kappa shape index (κ3) is 1.96. The quantitative estimate of drug-likeness (QED) is 0.746. The second-order valence-corrected chi connectivity index (χ2v) is 3.86.